The number of hydrogen-bond donors (Lipinski definition) is 6. The Morgan fingerprint density at radius 1 is 1.17 bits per heavy atom. The predicted octanol–water partition coefficient (Wildman–Crippen LogP) is 2.80. The maximum atomic E-state index is 16.9. The highest BCUT2D eigenvalue weighted by atomic mass is 35.5. The largest absolute Gasteiger partial charge is 0.394 e. The van der Waals surface area contributed by atoms with E-state index in [1.54, 1.807) is 26.8 Å². The second-order valence-electron chi connectivity index (χ2n) is 13.6. The highest BCUT2D eigenvalue weighted by molar-refractivity contribution is 6.53. The fraction of sp³-hybridized carbons (Fsp3) is 0.606. The van der Waals surface area contributed by atoms with E-state index in [1.807, 2.05) is 0 Å². The number of fused-ring (bicyclic) bond motifs is 5. The zero-order valence-corrected chi connectivity index (χ0v) is 28.2. The topological polar surface area (TPSA) is 208 Å². The maximum Gasteiger partial charge on any atom is 0.269 e. The van der Waals surface area contributed by atoms with Crippen LogP contribution in [0.3, 0.4) is 0 Å². The van der Waals surface area contributed by atoms with Gasteiger partial charge in [-0.15, -0.1) is 0 Å². The van der Waals surface area contributed by atoms with E-state index in [0.29, 0.717) is 30.4 Å². The van der Waals surface area contributed by atoms with Crippen LogP contribution in [-0.2, 0) is 14.4 Å². The third kappa shape index (κ3) is 6.01. The molecule has 10 atom stereocenters. The van der Waals surface area contributed by atoms with Gasteiger partial charge in [0.05, 0.1) is 23.7 Å². The summed E-state index contributed by atoms with van der Waals surface area (Å²) in [5, 5.41) is 63.9. The van der Waals surface area contributed by atoms with E-state index >= 15 is 4.39 Å². The number of amides is 1. The number of halogens is 3. The number of hydrogen-bond acceptors (Lipinski definition) is 10. The summed E-state index contributed by atoms with van der Waals surface area (Å²) in [5.74, 6) is -2.88. The highest BCUT2D eigenvalue weighted by Crippen LogP contribution is 2.70. The molecule has 0 heterocycles. The number of nitro benzene ring substituents is 1. The second-order valence-corrected chi connectivity index (χ2v) is 14.7. The molecule has 1 aromatic rings. The molecule has 4 aliphatic carbocycles. The number of aliphatic hydroxyl groups is 5. The maximum absolute atomic E-state index is 16.9. The fourth-order valence-corrected chi connectivity index (χ4v) is 8.88. The number of aliphatic hydroxyl groups excluding tert-OH is 4. The van der Waals surface area contributed by atoms with E-state index in [0.717, 1.165) is 0 Å². The quantitative estimate of drug-likeness (QED) is 0.132. The average molecular weight is 716 g/mol. The summed E-state index contributed by atoms with van der Waals surface area (Å²) >= 11 is 10.7. The van der Waals surface area contributed by atoms with E-state index in [9.17, 15) is 44.9 Å². The van der Waals surface area contributed by atoms with Gasteiger partial charge in [0.15, 0.2) is 22.1 Å². The molecular formula is C33H41Cl2FN2O10. The van der Waals surface area contributed by atoms with Crippen molar-refractivity contribution in [2.75, 3.05) is 13.2 Å². The Morgan fingerprint density at radius 3 is 2.33 bits per heavy atom. The number of Topliss-reactive ketones (excluding diaryl/α,β-unsaturated/α-hetero) is 1. The Bertz CT molecular complexity index is 1510. The summed E-state index contributed by atoms with van der Waals surface area (Å²) in [6.07, 6.45) is 3.19. The standard InChI is InChI=1S/C22H29FO5.C11H12Cl2N2O5/c1-12-8-16-15-5-4-13-9-14(25)6-7-19(13,2)21(15,23)17(26)10-20(16,3)22(12,28)18(27)11-24;12-10(13)11(18)14-8(5-16)9(17)6-1-3-7(4-2-6)15(19)20/h6-7,9,12,15-17,24,26,28H,4-5,8,10-11H2,1-3H3;1-4,8-10,16-17H,5H2,(H,14,18)/t12-,15+,16+,17+,19+,20+,21+,22+;8-,9-/m11/s1. The van der Waals surface area contributed by atoms with E-state index in [-0.39, 0.29) is 23.8 Å². The number of benzene rings is 1. The van der Waals surface area contributed by atoms with Crippen molar-refractivity contribution < 1.29 is 49.2 Å². The van der Waals surface area contributed by atoms with Gasteiger partial charge in [-0.05, 0) is 74.3 Å². The van der Waals surface area contributed by atoms with Gasteiger partial charge >= 0.3 is 0 Å². The Labute approximate surface area is 286 Å². The van der Waals surface area contributed by atoms with Crippen LogP contribution in [0.15, 0.2) is 48.1 Å². The van der Waals surface area contributed by atoms with Crippen molar-refractivity contribution in [2.24, 2.45) is 28.6 Å². The van der Waals surface area contributed by atoms with Crippen molar-refractivity contribution in [2.45, 2.75) is 80.8 Å². The van der Waals surface area contributed by atoms with E-state index in [1.165, 1.54) is 36.4 Å². The minimum atomic E-state index is -1.98. The number of alkyl halides is 3. The van der Waals surface area contributed by atoms with Gasteiger partial charge in [-0.1, -0.05) is 48.7 Å². The molecule has 15 heteroatoms. The molecule has 0 aromatic heterocycles. The van der Waals surface area contributed by atoms with Crippen molar-refractivity contribution in [3.05, 3.63) is 63.7 Å². The van der Waals surface area contributed by atoms with Crippen molar-refractivity contribution in [1.82, 2.24) is 5.32 Å². The summed E-state index contributed by atoms with van der Waals surface area (Å²) in [6.45, 7) is 3.93. The summed E-state index contributed by atoms with van der Waals surface area (Å²) < 4.78 is 16.9. The lowest BCUT2D eigenvalue weighted by atomic mass is 9.44. The lowest BCUT2D eigenvalue weighted by Gasteiger charge is -2.62. The molecule has 0 bridgehead atoms. The second kappa shape index (κ2) is 13.9. The van der Waals surface area contributed by atoms with Gasteiger partial charge in [0, 0.05) is 28.9 Å². The minimum absolute atomic E-state index is 0.0676. The van der Waals surface area contributed by atoms with Crippen LogP contribution in [0.1, 0.15) is 58.1 Å². The Balaban J connectivity index is 0.000000231. The molecule has 1 aromatic carbocycles. The SMILES string of the molecule is C[C@@H]1C[C@H]2[C@@H]3CCC4=CC(=O)C=C[C@]4(C)[C@@]3(F)[C@@H](O)C[C@]2(C)[C@@]1(O)C(=O)CO.O=C(N[C@H](CO)[C@H](O)c1ccc([N+](=O)[O-])cc1)C(Cl)Cl. The summed E-state index contributed by atoms with van der Waals surface area (Å²) in [4.78, 5) is 44.3. The minimum Gasteiger partial charge on any atom is -0.394 e. The molecule has 5 rings (SSSR count). The average Bonchev–Trinajstić information content (AvgIpc) is 3.25. The molecule has 0 aliphatic heterocycles. The number of nitro groups is 1. The number of nitrogens with one attached hydrogen (secondary N) is 1. The third-order valence-corrected chi connectivity index (χ3v) is 11.7. The number of non-ortho nitro benzene ring substituents is 1. The summed E-state index contributed by atoms with van der Waals surface area (Å²) in [6, 6.07) is 4.05. The molecular weight excluding hydrogens is 674 g/mol. The van der Waals surface area contributed by atoms with Crippen LogP contribution in [0.2, 0.25) is 0 Å². The fourth-order valence-electron chi connectivity index (χ4n) is 8.76. The third-order valence-electron chi connectivity index (χ3n) is 11.3. The van der Waals surface area contributed by atoms with Gasteiger partial charge in [0.1, 0.15) is 18.3 Å². The van der Waals surface area contributed by atoms with Crippen LogP contribution in [0.25, 0.3) is 0 Å². The van der Waals surface area contributed by atoms with Crippen molar-refractivity contribution in [1.29, 1.82) is 0 Å². The van der Waals surface area contributed by atoms with Crippen molar-refractivity contribution in [3.63, 3.8) is 0 Å². The molecule has 0 spiro atoms. The van der Waals surface area contributed by atoms with Crippen LogP contribution >= 0.6 is 23.2 Å². The predicted molar refractivity (Wildman–Crippen MR) is 173 cm³/mol. The van der Waals surface area contributed by atoms with Gasteiger partial charge < -0.3 is 30.8 Å². The van der Waals surface area contributed by atoms with E-state index in [4.69, 9.17) is 28.3 Å². The molecule has 0 saturated heterocycles. The first-order chi connectivity index (χ1) is 22.3. The van der Waals surface area contributed by atoms with Crippen molar-refractivity contribution >= 4 is 46.4 Å². The van der Waals surface area contributed by atoms with Crippen molar-refractivity contribution in [3.8, 4) is 0 Å². The smallest absolute Gasteiger partial charge is 0.269 e. The molecule has 48 heavy (non-hydrogen) atoms. The van der Waals surface area contributed by atoms with E-state index in [2.05, 4.69) is 5.32 Å². The van der Waals surface area contributed by atoms with Gasteiger partial charge in [-0.2, -0.15) is 0 Å². The van der Waals surface area contributed by atoms with Crippen LogP contribution in [0.4, 0.5) is 10.1 Å². The first-order valence-electron chi connectivity index (χ1n) is 15.6. The lowest BCUT2D eigenvalue weighted by Crippen LogP contribution is -2.69. The normalized spacial score (nSPS) is 36.4. The number of rotatable bonds is 8. The molecule has 0 unspecified atom stereocenters. The van der Waals surface area contributed by atoms with Gasteiger partial charge in [0.25, 0.3) is 11.6 Å². The Kier molecular flexibility index (Phi) is 11.0. The number of carbonyl (C=O) groups excluding carboxylic acids is 3. The number of ketones is 2. The monoisotopic (exact) mass is 714 g/mol. The van der Waals surface area contributed by atoms with Gasteiger partial charge in [-0.3, -0.25) is 24.5 Å². The molecule has 12 nitrogen and oxygen atoms in total. The highest BCUT2D eigenvalue weighted by Gasteiger charge is 2.75. The molecule has 6 N–H and O–H groups in total. The summed E-state index contributed by atoms with van der Waals surface area (Å²) in [5.41, 5.74) is -5.00. The number of carbonyl (C=O) groups is 3. The Morgan fingerprint density at radius 2 is 1.79 bits per heavy atom. The molecule has 4 aliphatic rings. The molecule has 0 radical (unpaired) electrons. The van der Waals surface area contributed by atoms with Gasteiger partial charge in [0.2, 0.25) is 0 Å². The Hall–Kier alpha value is -2.78. The van der Waals surface area contributed by atoms with Crippen LogP contribution < -0.4 is 5.32 Å². The van der Waals surface area contributed by atoms with Crippen LogP contribution in [0, 0.1) is 38.7 Å². The van der Waals surface area contributed by atoms with Gasteiger partial charge in [-0.25, -0.2) is 4.39 Å². The lowest BCUT2D eigenvalue weighted by molar-refractivity contribution is -0.384. The molecule has 264 valence electrons. The van der Waals surface area contributed by atoms with Crippen LogP contribution in [-0.4, -0.2) is 89.4 Å². The zero-order chi connectivity index (χ0) is 36.0. The zero-order valence-electron chi connectivity index (χ0n) is 26.7. The van der Waals surface area contributed by atoms with E-state index < -0.39 is 86.8 Å². The summed E-state index contributed by atoms with van der Waals surface area (Å²) in [7, 11) is 0. The molecule has 3 fully saturated rings. The first-order valence-corrected chi connectivity index (χ1v) is 16.5. The first kappa shape index (κ1) is 38.0. The van der Waals surface area contributed by atoms with Crippen LogP contribution in [0.5, 0.6) is 0 Å². The molecule has 1 amide bonds. The molecule has 3 saturated carbocycles. The number of allylic oxidation sites excluding steroid dienone is 4. The number of nitrogens with zero attached hydrogens (tertiary/aromatic N) is 1.